The Morgan fingerprint density at radius 1 is 1.14 bits per heavy atom. The van der Waals surface area contributed by atoms with Crippen molar-refractivity contribution in [3.63, 3.8) is 0 Å². The van der Waals surface area contributed by atoms with Crippen LogP contribution in [-0.2, 0) is 6.61 Å². The Bertz CT molecular complexity index is 583. The lowest BCUT2D eigenvalue weighted by molar-refractivity contribution is 0.277. The summed E-state index contributed by atoms with van der Waals surface area (Å²) in [5.74, 6) is 0.985. The molecule has 0 spiro atoms. The van der Waals surface area contributed by atoms with E-state index in [9.17, 15) is 5.11 Å². The van der Waals surface area contributed by atoms with Gasteiger partial charge in [-0.25, -0.2) is 4.98 Å². The average Bonchev–Trinajstić information content (AvgIpc) is 2.50. The van der Waals surface area contributed by atoms with Gasteiger partial charge in [-0.1, -0.05) is 24.3 Å². The number of hydrogen-bond donors (Lipinski definition) is 1. The zero-order valence-electron chi connectivity index (χ0n) is 13.2. The van der Waals surface area contributed by atoms with E-state index in [1.165, 1.54) is 0 Å². The number of pyridine rings is 1. The Morgan fingerprint density at radius 3 is 2.57 bits per heavy atom. The van der Waals surface area contributed by atoms with Gasteiger partial charge in [-0.2, -0.15) is 0 Å². The lowest BCUT2D eigenvalue weighted by Gasteiger charge is -2.25. The molecule has 4 heteroatoms. The minimum Gasteiger partial charge on any atom is -0.390 e. The minimum atomic E-state index is -0.0207. The highest BCUT2D eigenvalue weighted by atomic mass is 16.3. The van der Waals surface area contributed by atoms with Crippen molar-refractivity contribution in [2.24, 2.45) is 0 Å². The van der Waals surface area contributed by atoms with Crippen LogP contribution in [0.2, 0.25) is 0 Å². The minimum absolute atomic E-state index is 0.0207. The third kappa shape index (κ3) is 3.93. The van der Waals surface area contributed by atoms with Crippen LogP contribution in [0.4, 0.5) is 5.82 Å². The molecule has 0 unspecified atom stereocenters. The first-order chi connectivity index (χ1) is 10.2. The van der Waals surface area contributed by atoms with E-state index in [2.05, 4.69) is 47.9 Å². The highest BCUT2D eigenvalue weighted by Gasteiger charge is 2.12. The Labute approximate surface area is 127 Å². The fourth-order valence-electron chi connectivity index (χ4n) is 2.55. The van der Waals surface area contributed by atoms with Crippen molar-refractivity contribution >= 4 is 16.6 Å². The monoisotopic (exact) mass is 287 g/mol. The van der Waals surface area contributed by atoms with Crippen LogP contribution in [-0.4, -0.2) is 48.7 Å². The summed E-state index contributed by atoms with van der Waals surface area (Å²) in [4.78, 5) is 9.15. The quantitative estimate of drug-likeness (QED) is 0.849. The van der Waals surface area contributed by atoms with Gasteiger partial charge < -0.3 is 14.9 Å². The Kier molecular flexibility index (Phi) is 5.53. The van der Waals surface area contributed by atoms with Gasteiger partial charge in [-0.05, 0) is 45.4 Å². The second-order valence-electron chi connectivity index (χ2n) is 5.55. The van der Waals surface area contributed by atoms with E-state index in [0.29, 0.717) is 0 Å². The normalized spacial score (nSPS) is 11.3. The molecule has 114 valence electrons. The van der Waals surface area contributed by atoms with Gasteiger partial charge in [-0.3, -0.25) is 0 Å². The summed E-state index contributed by atoms with van der Waals surface area (Å²) in [6.07, 6.45) is 1.10. The molecule has 0 bridgehead atoms. The Balaban J connectivity index is 2.32. The molecule has 0 radical (unpaired) electrons. The second kappa shape index (κ2) is 7.38. The van der Waals surface area contributed by atoms with E-state index < -0.39 is 0 Å². The van der Waals surface area contributed by atoms with E-state index in [4.69, 9.17) is 0 Å². The molecule has 2 aromatic rings. The number of fused-ring (bicyclic) bond motifs is 1. The second-order valence-corrected chi connectivity index (χ2v) is 5.55. The molecule has 1 aromatic carbocycles. The van der Waals surface area contributed by atoms with E-state index in [1.54, 1.807) is 0 Å². The predicted molar refractivity (Wildman–Crippen MR) is 88.7 cm³/mol. The Hall–Kier alpha value is -1.65. The van der Waals surface area contributed by atoms with Gasteiger partial charge in [0.15, 0.2) is 0 Å². The van der Waals surface area contributed by atoms with Crippen LogP contribution in [0.1, 0.15) is 19.0 Å². The van der Waals surface area contributed by atoms with Crippen LogP contribution in [0.15, 0.2) is 30.3 Å². The van der Waals surface area contributed by atoms with Crippen LogP contribution in [0.25, 0.3) is 10.8 Å². The number of rotatable bonds is 7. The zero-order chi connectivity index (χ0) is 15.2. The molecule has 0 aliphatic heterocycles. The maximum Gasteiger partial charge on any atom is 0.136 e. The van der Waals surface area contributed by atoms with Crippen molar-refractivity contribution in [3.05, 3.63) is 36.0 Å². The van der Waals surface area contributed by atoms with Crippen molar-refractivity contribution < 1.29 is 5.11 Å². The third-order valence-electron chi connectivity index (χ3n) is 3.65. The summed E-state index contributed by atoms with van der Waals surface area (Å²) in [5.41, 5.74) is 0.731. The zero-order valence-corrected chi connectivity index (χ0v) is 13.2. The number of aromatic nitrogens is 1. The van der Waals surface area contributed by atoms with Gasteiger partial charge in [0.1, 0.15) is 5.82 Å². The van der Waals surface area contributed by atoms with Gasteiger partial charge in [0.25, 0.3) is 0 Å². The van der Waals surface area contributed by atoms with Gasteiger partial charge in [0.05, 0.1) is 12.3 Å². The van der Waals surface area contributed by atoms with Crippen LogP contribution in [0.3, 0.4) is 0 Å². The van der Waals surface area contributed by atoms with Gasteiger partial charge in [0.2, 0.25) is 0 Å². The molecule has 0 saturated heterocycles. The summed E-state index contributed by atoms with van der Waals surface area (Å²) in [6, 6.07) is 10.2. The lowest BCUT2D eigenvalue weighted by atomic mass is 10.1. The predicted octanol–water partition coefficient (Wildman–Crippen LogP) is 2.51. The van der Waals surface area contributed by atoms with Crippen LogP contribution >= 0.6 is 0 Å². The average molecular weight is 287 g/mol. The number of nitrogens with zero attached hydrogens (tertiary/aromatic N) is 3. The molecule has 0 aliphatic carbocycles. The summed E-state index contributed by atoms with van der Waals surface area (Å²) < 4.78 is 0. The summed E-state index contributed by atoms with van der Waals surface area (Å²) >= 11 is 0. The SMILES string of the molecule is CCN(CCCN(C)C)c1nc(CO)cc2ccccc12. The first kappa shape index (κ1) is 15.7. The number of benzene rings is 1. The highest BCUT2D eigenvalue weighted by Crippen LogP contribution is 2.26. The topological polar surface area (TPSA) is 39.6 Å². The first-order valence-corrected chi connectivity index (χ1v) is 7.55. The molecular weight excluding hydrogens is 262 g/mol. The van der Waals surface area contributed by atoms with Crippen LogP contribution in [0.5, 0.6) is 0 Å². The first-order valence-electron chi connectivity index (χ1n) is 7.55. The van der Waals surface area contributed by atoms with Crippen LogP contribution in [0, 0.1) is 0 Å². The fraction of sp³-hybridized carbons (Fsp3) is 0.471. The van der Waals surface area contributed by atoms with Crippen molar-refractivity contribution in [2.45, 2.75) is 20.0 Å². The highest BCUT2D eigenvalue weighted by molar-refractivity contribution is 5.92. The van der Waals surface area contributed by atoms with Gasteiger partial charge in [-0.15, -0.1) is 0 Å². The molecule has 1 N–H and O–H groups in total. The fourth-order valence-corrected chi connectivity index (χ4v) is 2.55. The van der Waals surface area contributed by atoms with E-state index in [1.807, 2.05) is 18.2 Å². The molecule has 4 nitrogen and oxygen atoms in total. The molecule has 0 amide bonds. The largest absolute Gasteiger partial charge is 0.390 e. The maximum absolute atomic E-state index is 9.44. The number of aliphatic hydroxyl groups excluding tert-OH is 1. The Morgan fingerprint density at radius 2 is 1.90 bits per heavy atom. The van der Waals surface area contributed by atoms with Crippen LogP contribution < -0.4 is 4.90 Å². The van der Waals surface area contributed by atoms with E-state index in [0.717, 1.165) is 48.3 Å². The lowest BCUT2D eigenvalue weighted by Crippen LogP contribution is -2.28. The van der Waals surface area contributed by atoms with Crippen molar-refractivity contribution in [1.82, 2.24) is 9.88 Å². The van der Waals surface area contributed by atoms with E-state index in [-0.39, 0.29) is 6.61 Å². The smallest absolute Gasteiger partial charge is 0.136 e. The summed E-state index contributed by atoms with van der Waals surface area (Å²) in [7, 11) is 4.19. The standard InChI is InChI=1S/C17H25N3O/c1-4-20(11-7-10-19(2)3)17-16-9-6-5-8-14(16)12-15(13-21)18-17/h5-6,8-9,12,21H,4,7,10-11,13H2,1-3H3. The molecule has 0 saturated carbocycles. The third-order valence-corrected chi connectivity index (χ3v) is 3.65. The van der Waals surface area contributed by atoms with Gasteiger partial charge >= 0.3 is 0 Å². The molecule has 21 heavy (non-hydrogen) atoms. The molecule has 0 fully saturated rings. The maximum atomic E-state index is 9.44. The summed E-state index contributed by atoms with van der Waals surface area (Å²) in [6.45, 7) is 5.08. The summed E-state index contributed by atoms with van der Waals surface area (Å²) in [5, 5.41) is 11.7. The number of hydrogen-bond acceptors (Lipinski definition) is 4. The number of aliphatic hydroxyl groups is 1. The van der Waals surface area contributed by atoms with Crippen molar-refractivity contribution in [1.29, 1.82) is 0 Å². The van der Waals surface area contributed by atoms with Gasteiger partial charge in [0, 0.05) is 18.5 Å². The molecule has 0 aliphatic rings. The van der Waals surface area contributed by atoms with Crippen molar-refractivity contribution in [3.8, 4) is 0 Å². The molecular formula is C17H25N3O. The molecule has 2 rings (SSSR count). The molecule has 1 heterocycles. The number of anilines is 1. The van der Waals surface area contributed by atoms with E-state index >= 15 is 0 Å². The molecule has 1 aromatic heterocycles. The molecule has 0 atom stereocenters. The van der Waals surface area contributed by atoms with Crippen molar-refractivity contribution in [2.75, 3.05) is 38.6 Å².